The molecular formula is C21H21N3O3. The van der Waals surface area contributed by atoms with Gasteiger partial charge in [-0.05, 0) is 35.9 Å². The molecule has 0 spiro atoms. The largest absolute Gasteiger partial charge is 0.497 e. The number of carbonyl (C=O) groups is 1. The van der Waals surface area contributed by atoms with Crippen LogP contribution in [0.4, 0.5) is 0 Å². The minimum atomic E-state index is -0.311. The lowest BCUT2D eigenvalue weighted by Crippen LogP contribution is -2.34. The van der Waals surface area contributed by atoms with Crippen LogP contribution in [0.15, 0.2) is 71.5 Å². The third-order valence-corrected chi connectivity index (χ3v) is 4.23. The maximum Gasteiger partial charge on any atom is 0.267 e. The fourth-order valence-corrected chi connectivity index (χ4v) is 2.67. The number of benzene rings is 2. The Morgan fingerprint density at radius 2 is 1.74 bits per heavy atom. The molecule has 3 rings (SSSR count). The van der Waals surface area contributed by atoms with Gasteiger partial charge in [-0.2, -0.15) is 5.10 Å². The summed E-state index contributed by atoms with van der Waals surface area (Å²) in [5.41, 5.74) is 2.18. The van der Waals surface area contributed by atoms with E-state index in [1.807, 2.05) is 54.6 Å². The van der Waals surface area contributed by atoms with Crippen molar-refractivity contribution in [3.8, 4) is 17.0 Å². The lowest BCUT2D eigenvalue weighted by Gasteiger charge is -2.17. The van der Waals surface area contributed by atoms with E-state index in [-0.39, 0.29) is 18.0 Å². The number of carbonyl (C=O) groups excluding carboxylic acids is 1. The van der Waals surface area contributed by atoms with Gasteiger partial charge in [0.1, 0.15) is 12.3 Å². The maximum absolute atomic E-state index is 12.5. The van der Waals surface area contributed by atoms with Crippen molar-refractivity contribution in [2.24, 2.45) is 0 Å². The Morgan fingerprint density at radius 1 is 1.04 bits per heavy atom. The molecule has 2 aromatic carbocycles. The molecule has 0 atom stereocenters. The van der Waals surface area contributed by atoms with Crippen molar-refractivity contribution in [1.29, 1.82) is 0 Å². The molecule has 1 aromatic heterocycles. The lowest BCUT2D eigenvalue weighted by atomic mass is 10.1. The Labute approximate surface area is 157 Å². The fraction of sp³-hybridized carbons (Fsp3) is 0.190. The standard InChI is InChI=1S/C21H21N3O3/c1-23(14-16-6-4-3-5-7-16)21(26)15-24-20(25)13-12-19(22-24)17-8-10-18(27-2)11-9-17/h3-13H,14-15H2,1-2H3. The number of hydrogen-bond acceptors (Lipinski definition) is 4. The molecule has 0 fully saturated rings. The maximum atomic E-state index is 12.5. The van der Waals surface area contributed by atoms with Crippen LogP contribution in [0.1, 0.15) is 5.56 Å². The molecule has 1 amide bonds. The first kappa shape index (κ1) is 18.4. The Hall–Kier alpha value is -3.41. The van der Waals surface area contributed by atoms with Crippen molar-refractivity contribution < 1.29 is 9.53 Å². The average molecular weight is 363 g/mol. The van der Waals surface area contributed by atoms with Crippen LogP contribution in [-0.2, 0) is 17.9 Å². The van der Waals surface area contributed by atoms with Crippen molar-refractivity contribution in [3.63, 3.8) is 0 Å². The minimum absolute atomic E-state index is 0.105. The number of methoxy groups -OCH3 is 1. The molecule has 6 nitrogen and oxygen atoms in total. The third-order valence-electron chi connectivity index (χ3n) is 4.23. The van der Waals surface area contributed by atoms with E-state index in [0.717, 1.165) is 16.9 Å². The first-order valence-electron chi connectivity index (χ1n) is 8.57. The van der Waals surface area contributed by atoms with E-state index in [1.165, 1.54) is 10.7 Å². The average Bonchev–Trinajstić information content (AvgIpc) is 2.70. The Morgan fingerprint density at radius 3 is 2.41 bits per heavy atom. The van der Waals surface area contributed by atoms with Crippen molar-refractivity contribution in [2.45, 2.75) is 13.1 Å². The van der Waals surface area contributed by atoms with Crippen molar-refractivity contribution in [1.82, 2.24) is 14.7 Å². The molecule has 0 bridgehead atoms. The van der Waals surface area contributed by atoms with Crippen LogP contribution in [0.5, 0.6) is 5.75 Å². The molecule has 138 valence electrons. The molecule has 0 saturated carbocycles. The van der Waals surface area contributed by atoms with Gasteiger partial charge >= 0.3 is 0 Å². The fourth-order valence-electron chi connectivity index (χ4n) is 2.67. The number of amides is 1. The van der Waals surface area contributed by atoms with Gasteiger partial charge in [-0.1, -0.05) is 30.3 Å². The molecule has 1 heterocycles. The Kier molecular flexibility index (Phi) is 5.66. The number of hydrogen-bond donors (Lipinski definition) is 0. The molecule has 0 radical (unpaired) electrons. The molecule has 0 unspecified atom stereocenters. The Balaban J connectivity index is 1.75. The van der Waals surface area contributed by atoms with Gasteiger partial charge in [-0.25, -0.2) is 4.68 Å². The predicted octanol–water partition coefficient (Wildman–Crippen LogP) is 2.58. The SMILES string of the molecule is COc1ccc(-c2ccc(=O)n(CC(=O)N(C)Cc3ccccc3)n2)cc1. The van der Waals surface area contributed by atoms with Crippen LogP contribution >= 0.6 is 0 Å². The van der Waals surface area contributed by atoms with Crippen molar-refractivity contribution >= 4 is 5.91 Å². The van der Waals surface area contributed by atoms with Crippen LogP contribution < -0.4 is 10.3 Å². The zero-order valence-electron chi connectivity index (χ0n) is 15.3. The van der Waals surface area contributed by atoms with E-state index in [1.54, 1.807) is 25.1 Å². The second-order valence-electron chi connectivity index (χ2n) is 6.18. The smallest absolute Gasteiger partial charge is 0.267 e. The number of aromatic nitrogens is 2. The van der Waals surface area contributed by atoms with E-state index in [0.29, 0.717) is 12.2 Å². The zero-order chi connectivity index (χ0) is 19.2. The molecule has 3 aromatic rings. The molecule has 0 saturated heterocycles. The van der Waals surface area contributed by atoms with Gasteiger partial charge in [0.05, 0.1) is 12.8 Å². The second-order valence-corrected chi connectivity index (χ2v) is 6.18. The van der Waals surface area contributed by atoms with Gasteiger partial charge in [0.25, 0.3) is 5.56 Å². The van der Waals surface area contributed by atoms with Crippen molar-refractivity contribution in [2.75, 3.05) is 14.2 Å². The molecule has 0 aliphatic carbocycles. The highest BCUT2D eigenvalue weighted by atomic mass is 16.5. The highest BCUT2D eigenvalue weighted by molar-refractivity contribution is 5.75. The summed E-state index contributed by atoms with van der Waals surface area (Å²) >= 11 is 0. The highest BCUT2D eigenvalue weighted by Crippen LogP contribution is 2.19. The van der Waals surface area contributed by atoms with Gasteiger partial charge in [-0.3, -0.25) is 9.59 Å². The number of nitrogens with zero attached hydrogens (tertiary/aromatic N) is 3. The van der Waals surface area contributed by atoms with E-state index >= 15 is 0 Å². The van der Waals surface area contributed by atoms with E-state index in [4.69, 9.17) is 4.74 Å². The van der Waals surface area contributed by atoms with Crippen LogP contribution in [0.25, 0.3) is 11.3 Å². The monoisotopic (exact) mass is 363 g/mol. The molecule has 0 N–H and O–H groups in total. The van der Waals surface area contributed by atoms with E-state index in [2.05, 4.69) is 5.10 Å². The predicted molar refractivity (Wildman–Crippen MR) is 103 cm³/mol. The summed E-state index contributed by atoms with van der Waals surface area (Å²) in [4.78, 5) is 26.2. The third kappa shape index (κ3) is 4.61. The topological polar surface area (TPSA) is 64.4 Å². The summed E-state index contributed by atoms with van der Waals surface area (Å²) in [5, 5.41) is 4.34. The first-order valence-corrected chi connectivity index (χ1v) is 8.57. The Bertz CT molecular complexity index is 966. The minimum Gasteiger partial charge on any atom is -0.497 e. The summed E-state index contributed by atoms with van der Waals surface area (Å²) in [6.45, 7) is 0.374. The summed E-state index contributed by atoms with van der Waals surface area (Å²) in [6.07, 6.45) is 0. The molecule has 6 heteroatoms. The first-order chi connectivity index (χ1) is 13.1. The van der Waals surface area contributed by atoms with Gasteiger partial charge < -0.3 is 9.64 Å². The zero-order valence-corrected chi connectivity index (χ0v) is 15.3. The van der Waals surface area contributed by atoms with Crippen molar-refractivity contribution in [3.05, 3.63) is 82.6 Å². The summed E-state index contributed by atoms with van der Waals surface area (Å²) in [7, 11) is 3.32. The van der Waals surface area contributed by atoms with Gasteiger partial charge in [0, 0.05) is 25.2 Å². The van der Waals surface area contributed by atoms with Crippen LogP contribution in [0, 0.1) is 0 Å². The summed E-state index contributed by atoms with van der Waals surface area (Å²) < 4.78 is 6.35. The number of likely N-dealkylation sites (N-methyl/N-ethyl adjacent to an activating group) is 1. The quantitative estimate of drug-likeness (QED) is 0.675. The van der Waals surface area contributed by atoms with Gasteiger partial charge in [0.2, 0.25) is 5.91 Å². The summed E-state index contributed by atoms with van der Waals surface area (Å²) in [6, 6.07) is 20.2. The number of ether oxygens (including phenoxy) is 1. The van der Waals surface area contributed by atoms with E-state index in [9.17, 15) is 9.59 Å². The number of rotatable bonds is 6. The highest BCUT2D eigenvalue weighted by Gasteiger charge is 2.12. The molecule has 27 heavy (non-hydrogen) atoms. The second kappa shape index (κ2) is 8.31. The summed E-state index contributed by atoms with van der Waals surface area (Å²) in [5.74, 6) is 0.560. The van der Waals surface area contributed by atoms with Crippen LogP contribution in [-0.4, -0.2) is 34.7 Å². The lowest BCUT2D eigenvalue weighted by molar-refractivity contribution is -0.131. The molecular weight excluding hydrogens is 342 g/mol. The van der Waals surface area contributed by atoms with Gasteiger partial charge in [0.15, 0.2) is 0 Å². The molecule has 0 aliphatic rings. The van der Waals surface area contributed by atoms with E-state index < -0.39 is 0 Å². The van der Waals surface area contributed by atoms with Crippen LogP contribution in [0.3, 0.4) is 0 Å². The molecule has 0 aliphatic heterocycles. The van der Waals surface area contributed by atoms with Gasteiger partial charge in [-0.15, -0.1) is 0 Å². The van der Waals surface area contributed by atoms with Crippen LogP contribution in [0.2, 0.25) is 0 Å². The normalized spacial score (nSPS) is 10.4.